The van der Waals surface area contributed by atoms with Crippen molar-refractivity contribution in [3.8, 4) is 34.6 Å². The van der Waals surface area contributed by atoms with E-state index in [-0.39, 0.29) is 5.41 Å². The zero-order chi connectivity index (χ0) is 46.7. The summed E-state index contributed by atoms with van der Waals surface area (Å²) in [6.07, 6.45) is 27.4. The highest BCUT2D eigenvalue weighted by molar-refractivity contribution is 8.02. The number of anilines is 1. The van der Waals surface area contributed by atoms with Gasteiger partial charge in [0.05, 0.1) is 0 Å². The summed E-state index contributed by atoms with van der Waals surface area (Å²) in [7, 11) is 0. The first kappa shape index (κ1) is 45.1. The molecule has 1 nitrogen and oxygen atoms in total. The molecule has 0 bridgehead atoms. The maximum absolute atomic E-state index is 5.72. The van der Waals surface area contributed by atoms with E-state index in [2.05, 4.69) is 221 Å². The van der Waals surface area contributed by atoms with Gasteiger partial charge in [-0.2, -0.15) is 0 Å². The summed E-state index contributed by atoms with van der Waals surface area (Å²) < 4.78 is 0. The molecule has 3 aliphatic rings. The fraction of sp³-hybridized carbons (Fsp3) is 0.169. The Morgan fingerprint density at radius 1 is 0.761 bits per heavy atom. The van der Waals surface area contributed by atoms with Gasteiger partial charge in [0, 0.05) is 35.3 Å². The highest BCUT2D eigenvalue weighted by atomic mass is 32.2. The van der Waals surface area contributed by atoms with Crippen molar-refractivity contribution in [3.63, 3.8) is 0 Å². The number of thioether (sulfide) groups is 1. The summed E-state index contributed by atoms with van der Waals surface area (Å²) in [4.78, 5) is 3.53. The van der Waals surface area contributed by atoms with Crippen LogP contribution in [0.4, 0.5) is 5.69 Å². The molecule has 3 aliphatic carbocycles. The molecule has 0 heterocycles. The lowest BCUT2D eigenvalue weighted by atomic mass is 9.80. The number of allylic oxidation sites excluding steroid dienone is 12. The molecule has 6 aromatic carbocycles. The first-order chi connectivity index (χ1) is 32.7. The van der Waals surface area contributed by atoms with Crippen LogP contribution in [-0.4, -0.2) is 6.26 Å². The SMILES string of the molecule is C#CC/C=C\C(=C(/Cc1ccccc1)SC)c1ccc(N(C(=C)/C=C\C2=C(CC)c3c(ccc4c3Cc3ccccc3-4)C2(C)C)/C(C=C)=C/C=C(\C)c2cccc3c2Cc2ccccc2-3)cc1. The molecule has 0 aliphatic heterocycles. The molecule has 0 aromatic heterocycles. The number of terminal acetylenes is 1. The van der Waals surface area contributed by atoms with Gasteiger partial charge in [-0.05, 0) is 162 Å². The Kier molecular flexibility index (Phi) is 13.1. The van der Waals surface area contributed by atoms with E-state index < -0.39 is 0 Å². The molecule has 0 N–H and O–H groups in total. The van der Waals surface area contributed by atoms with Crippen molar-refractivity contribution in [2.45, 2.75) is 65.2 Å². The molecule has 330 valence electrons. The van der Waals surface area contributed by atoms with Crippen molar-refractivity contribution in [2.24, 2.45) is 0 Å². The van der Waals surface area contributed by atoms with Crippen LogP contribution < -0.4 is 4.90 Å². The Labute approximate surface area is 404 Å². The number of nitrogens with zero attached hydrogens (tertiary/aromatic N) is 1. The third-order valence-corrected chi connectivity index (χ3v) is 14.9. The van der Waals surface area contributed by atoms with Crippen LogP contribution in [0.3, 0.4) is 0 Å². The van der Waals surface area contributed by atoms with Crippen molar-refractivity contribution >= 4 is 34.2 Å². The molecular weight excluding hydrogens is 827 g/mol. The number of benzene rings is 6. The third kappa shape index (κ3) is 8.62. The van der Waals surface area contributed by atoms with E-state index in [1.807, 2.05) is 6.08 Å². The van der Waals surface area contributed by atoms with Crippen LogP contribution in [-0.2, 0) is 24.7 Å². The number of rotatable bonds is 15. The lowest BCUT2D eigenvalue weighted by Gasteiger charge is -2.28. The van der Waals surface area contributed by atoms with Crippen molar-refractivity contribution in [2.75, 3.05) is 11.2 Å². The molecule has 9 rings (SSSR count). The van der Waals surface area contributed by atoms with Crippen LogP contribution in [0.15, 0.2) is 211 Å². The quantitative estimate of drug-likeness (QED) is 0.0745. The van der Waals surface area contributed by atoms with Gasteiger partial charge in [0.2, 0.25) is 0 Å². The molecule has 0 atom stereocenters. The lowest BCUT2D eigenvalue weighted by molar-refractivity contribution is 0.653. The predicted molar refractivity (Wildman–Crippen MR) is 292 cm³/mol. The summed E-state index contributed by atoms with van der Waals surface area (Å²) >= 11 is 1.79. The molecule has 0 saturated carbocycles. The Morgan fingerprint density at radius 3 is 2.09 bits per heavy atom. The van der Waals surface area contributed by atoms with Gasteiger partial charge in [-0.15, -0.1) is 24.1 Å². The second kappa shape index (κ2) is 19.4. The molecule has 2 heteroatoms. The van der Waals surface area contributed by atoms with E-state index in [0.29, 0.717) is 6.42 Å². The highest BCUT2D eigenvalue weighted by Crippen LogP contribution is 2.53. The lowest BCUT2D eigenvalue weighted by Crippen LogP contribution is -2.20. The van der Waals surface area contributed by atoms with E-state index in [9.17, 15) is 0 Å². The van der Waals surface area contributed by atoms with Gasteiger partial charge in [-0.3, -0.25) is 0 Å². The monoisotopic (exact) mass is 885 g/mol. The Morgan fingerprint density at radius 2 is 1.42 bits per heavy atom. The predicted octanol–water partition coefficient (Wildman–Crippen LogP) is 16.9. The van der Waals surface area contributed by atoms with Gasteiger partial charge in [-0.25, -0.2) is 0 Å². The molecule has 0 unspecified atom stereocenters. The van der Waals surface area contributed by atoms with E-state index in [4.69, 9.17) is 13.0 Å². The van der Waals surface area contributed by atoms with E-state index in [0.717, 1.165) is 48.3 Å². The molecule has 0 amide bonds. The van der Waals surface area contributed by atoms with Crippen LogP contribution in [0.5, 0.6) is 0 Å². The van der Waals surface area contributed by atoms with Crippen LogP contribution >= 0.6 is 11.8 Å². The van der Waals surface area contributed by atoms with Crippen LogP contribution in [0.2, 0.25) is 0 Å². The summed E-state index contributed by atoms with van der Waals surface area (Å²) in [5, 5.41) is 0. The topological polar surface area (TPSA) is 3.24 Å². The van der Waals surface area contributed by atoms with Gasteiger partial charge in [0.1, 0.15) is 0 Å². The number of fused-ring (bicyclic) bond motifs is 8. The van der Waals surface area contributed by atoms with Gasteiger partial charge in [0.25, 0.3) is 0 Å². The van der Waals surface area contributed by atoms with Crippen LogP contribution in [0.25, 0.3) is 39.0 Å². The molecule has 0 saturated heterocycles. The molecule has 67 heavy (non-hydrogen) atoms. The summed E-state index contributed by atoms with van der Waals surface area (Å²) in [5.74, 6) is 2.78. The third-order valence-electron chi connectivity index (χ3n) is 14.0. The standard InChI is InChI=1S/C65H59NS/c1-9-12-14-28-56(63(67-8)41-46-22-15-13-16-23-46)47-33-36-51(37-34-47)66(50(10-2)35-31-44(4)53-29-21-30-57-54-26-19-17-24-48(54)42-59(53)57)45(5)32-39-61-52(11-3)64-60-43-49-25-18-20-27-55(49)58(60)38-40-62(64)65(61,6)7/h1,10,13-40H,2,5,11-12,41-43H2,3-4,6-8H3/b28-14-,39-32-,44-31+,50-35+,63-56-. The molecule has 0 spiro atoms. The van der Waals surface area contributed by atoms with E-state index >= 15 is 0 Å². The van der Waals surface area contributed by atoms with Gasteiger partial charge in [-0.1, -0.05) is 180 Å². The Bertz CT molecular complexity index is 3150. The Hall–Kier alpha value is -7.05. The average Bonchev–Trinajstić information content (AvgIpc) is 4.00. The van der Waals surface area contributed by atoms with Crippen molar-refractivity contribution < 1.29 is 0 Å². The maximum atomic E-state index is 5.72. The minimum atomic E-state index is -0.176. The van der Waals surface area contributed by atoms with E-state index in [1.54, 1.807) is 11.8 Å². The van der Waals surface area contributed by atoms with Crippen molar-refractivity contribution in [3.05, 3.63) is 261 Å². The molecule has 0 fully saturated rings. The molecular formula is C65H59NS. The summed E-state index contributed by atoms with van der Waals surface area (Å²) in [6.45, 7) is 18.5. The molecule has 0 radical (unpaired) electrons. The van der Waals surface area contributed by atoms with Crippen molar-refractivity contribution in [1.82, 2.24) is 0 Å². The summed E-state index contributed by atoms with van der Waals surface area (Å²) in [5.41, 5.74) is 25.4. The smallest absolute Gasteiger partial charge is 0.0461 e. The molecule has 6 aromatic rings. The minimum Gasteiger partial charge on any atom is -0.311 e. The highest BCUT2D eigenvalue weighted by Gasteiger charge is 2.39. The van der Waals surface area contributed by atoms with Crippen LogP contribution in [0, 0.1) is 12.3 Å². The average molecular weight is 886 g/mol. The first-order valence-electron chi connectivity index (χ1n) is 23.6. The number of hydrogen-bond acceptors (Lipinski definition) is 2. The largest absolute Gasteiger partial charge is 0.311 e. The fourth-order valence-electron chi connectivity index (χ4n) is 10.6. The Balaban J connectivity index is 1.12. The van der Waals surface area contributed by atoms with Crippen LogP contribution in [0.1, 0.15) is 90.6 Å². The zero-order valence-corrected chi connectivity index (χ0v) is 40.4. The minimum absolute atomic E-state index is 0.176. The van der Waals surface area contributed by atoms with Gasteiger partial charge >= 0.3 is 0 Å². The second-order valence-corrected chi connectivity index (χ2v) is 19.2. The zero-order valence-electron chi connectivity index (χ0n) is 39.6. The van der Waals surface area contributed by atoms with Crippen molar-refractivity contribution in [1.29, 1.82) is 0 Å². The van der Waals surface area contributed by atoms with Gasteiger partial charge < -0.3 is 4.90 Å². The van der Waals surface area contributed by atoms with Gasteiger partial charge in [0.15, 0.2) is 0 Å². The maximum Gasteiger partial charge on any atom is 0.0461 e. The fourth-order valence-corrected chi connectivity index (χ4v) is 11.4. The first-order valence-corrected chi connectivity index (χ1v) is 24.8. The normalized spacial score (nSPS) is 14.9. The number of hydrogen-bond donors (Lipinski definition) is 0. The summed E-state index contributed by atoms with van der Waals surface area (Å²) in [6, 6.07) is 48.7. The van der Waals surface area contributed by atoms with E-state index in [1.165, 1.54) is 94.0 Å². The second-order valence-electron chi connectivity index (χ2n) is 18.3.